The van der Waals surface area contributed by atoms with Gasteiger partial charge >= 0.3 is 104 Å². The third-order valence-corrected chi connectivity index (χ3v) is 0. The Kier molecular flexibility index (Phi) is 15.8. The van der Waals surface area contributed by atoms with Crippen LogP contribution < -0.4 is 0 Å². The Labute approximate surface area is 103 Å². The fourth-order valence-electron chi connectivity index (χ4n) is 0. The molecule has 0 aliphatic rings. The predicted octanol–water partition coefficient (Wildman–Crippen LogP) is -1.55. The van der Waals surface area contributed by atoms with Crippen molar-refractivity contribution in [3.63, 3.8) is 0 Å². The van der Waals surface area contributed by atoms with Crippen LogP contribution in [-0.2, 0) is 104 Å². The molecule has 0 heterocycles. The van der Waals surface area contributed by atoms with Crippen LogP contribution in [-0.4, -0.2) is 0 Å². The summed E-state index contributed by atoms with van der Waals surface area (Å²) >= 11 is -15.2. The summed E-state index contributed by atoms with van der Waals surface area (Å²) in [4.78, 5) is 0. The summed E-state index contributed by atoms with van der Waals surface area (Å²) in [7, 11) is 0. The van der Waals surface area contributed by atoms with E-state index in [1.807, 2.05) is 0 Å². The van der Waals surface area contributed by atoms with Gasteiger partial charge in [-0.1, -0.05) is 0 Å². The molecule has 0 unspecified atom stereocenters. The van der Waals surface area contributed by atoms with Gasteiger partial charge in [0.2, 0.25) is 0 Å². The van der Waals surface area contributed by atoms with Crippen LogP contribution in [0.3, 0.4) is 0 Å². The summed E-state index contributed by atoms with van der Waals surface area (Å²) in [6.07, 6.45) is 0. The Morgan fingerprint density at radius 1 is 0.353 bits per heavy atom. The van der Waals surface area contributed by atoms with E-state index in [1.54, 1.807) is 15.9 Å². The molecule has 0 bridgehead atoms. The standard InChI is InChI=1S/4Mn.13O. The SMILES string of the molecule is [O]=[Mn].[O]=[Mn](=[O])(=[O])=[O].[O]=[Mn](=[O])(=[O])=[O].[O]=[Mn](=[O])(=[O])=[O]. The molecule has 17 heteroatoms. The summed E-state index contributed by atoms with van der Waals surface area (Å²) < 4.78 is 111. The van der Waals surface area contributed by atoms with Crippen molar-refractivity contribution in [1.29, 1.82) is 0 Å². The van der Waals surface area contributed by atoms with Crippen molar-refractivity contribution in [3.8, 4) is 0 Å². The summed E-state index contributed by atoms with van der Waals surface area (Å²) in [6.45, 7) is 0. The number of hydrogen-bond donors (Lipinski definition) is 0. The van der Waals surface area contributed by atoms with Gasteiger partial charge in [0.05, 0.1) is 0 Å². The molecule has 0 aromatic rings. The van der Waals surface area contributed by atoms with Crippen molar-refractivity contribution >= 4 is 0 Å². The Morgan fingerprint density at radius 2 is 0.353 bits per heavy atom. The first-order valence-electron chi connectivity index (χ1n) is 2.01. The molecule has 17 heavy (non-hydrogen) atoms. The molecule has 0 N–H and O–H groups in total. The Morgan fingerprint density at radius 3 is 0.353 bits per heavy atom. The summed E-state index contributed by atoms with van der Waals surface area (Å²) in [5.74, 6) is 0. The van der Waals surface area contributed by atoms with Crippen LogP contribution in [0.1, 0.15) is 0 Å². The van der Waals surface area contributed by atoms with Crippen LogP contribution in [0.5, 0.6) is 0 Å². The molecule has 0 aliphatic carbocycles. The van der Waals surface area contributed by atoms with Crippen LogP contribution in [0.4, 0.5) is 0 Å². The number of rotatable bonds is 0. The minimum atomic E-state index is -5.62. The first kappa shape index (κ1) is 25.4. The normalized spacial score (nSPS) is 10.1. The Bertz CT molecular complexity index is 616. The topological polar surface area (TPSA) is 222 Å². The van der Waals surface area contributed by atoms with E-state index in [0.29, 0.717) is 0 Å². The van der Waals surface area contributed by atoms with Gasteiger partial charge in [0.1, 0.15) is 0 Å². The van der Waals surface area contributed by atoms with Gasteiger partial charge in [0.15, 0.2) is 0 Å². The van der Waals surface area contributed by atoms with Gasteiger partial charge in [-0.25, -0.2) is 0 Å². The number of hydrogen-bond acceptors (Lipinski definition) is 13. The molecule has 0 rings (SSSR count). The van der Waals surface area contributed by atoms with Crippen LogP contribution in [0.2, 0.25) is 0 Å². The van der Waals surface area contributed by atoms with Crippen molar-refractivity contribution in [2.45, 2.75) is 0 Å². The van der Waals surface area contributed by atoms with Gasteiger partial charge in [-0.2, -0.15) is 0 Å². The maximum atomic E-state index is 8.58. The van der Waals surface area contributed by atoms with Crippen LogP contribution in [0.15, 0.2) is 0 Å². The monoisotopic (exact) mass is 428 g/mol. The molecule has 0 aromatic heterocycles. The molecular weight excluding hydrogens is 428 g/mol. The van der Waals surface area contributed by atoms with E-state index in [4.69, 9.17) is 49.9 Å². The molecule has 0 fully saturated rings. The van der Waals surface area contributed by atoms with Crippen molar-refractivity contribution in [2.24, 2.45) is 0 Å². The quantitative estimate of drug-likeness (QED) is 0.399. The first-order valence-corrected chi connectivity index (χ1v) is 8.27. The predicted molar refractivity (Wildman–Crippen MR) is 8.92 cm³/mol. The Balaban J connectivity index is -0.0000000693. The van der Waals surface area contributed by atoms with Gasteiger partial charge in [0, 0.05) is 0 Å². The summed E-state index contributed by atoms with van der Waals surface area (Å²) in [5.41, 5.74) is 0. The van der Waals surface area contributed by atoms with Crippen LogP contribution >= 0.6 is 0 Å². The van der Waals surface area contributed by atoms with Crippen molar-refractivity contribution in [1.82, 2.24) is 0 Å². The summed E-state index contributed by atoms with van der Waals surface area (Å²) in [6, 6.07) is 0. The fraction of sp³-hybridized carbons (Fsp3) is 0. The van der Waals surface area contributed by atoms with Gasteiger partial charge in [-0.3, -0.25) is 0 Å². The molecule has 0 aromatic carbocycles. The van der Waals surface area contributed by atoms with Crippen LogP contribution in [0.25, 0.3) is 0 Å². The molecular formula is Mn4O13. The van der Waals surface area contributed by atoms with E-state index >= 15 is 0 Å². The third kappa shape index (κ3) is 10300. The van der Waals surface area contributed by atoms with Gasteiger partial charge < -0.3 is 0 Å². The zero-order chi connectivity index (χ0) is 15.5. The molecule has 0 saturated heterocycles. The van der Waals surface area contributed by atoms with E-state index in [2.05, 4.69) is 0 Å². The third-order valence-electron chi connectivity index (χ3n) is 0. The summed E-state index contributed by atoms with van der Waals surface area (Å²) in [5, 5.41) is 0. The molecule has 13 nitrogen and oxygen atoms in total. The Hall–Kier alpha value is -0.522. The molecule has 0 radical (unpaired) electrons. The molecule has 0 aliphatic heterocycles. The maximum absolute atomic E-state index is 8.58. The van der Waals surface area contributed by atoms with Crippen molar-refractivity contribution < 1.29 is 104 Å². The van der Waals surface area contributed by atoms with E-state index in [1.165, 1.54) is 0 Å². The zero-order valence-electron chi connectivity index (χ0n) is 6.82. The van der Waals surface area contributed by atoms with Gasteiger partial charge in [0.25, 0.3) is 0 Å². The van der Waals surface area contributed by atoms with E-state index < -0.39 is 37.7 Å². The van der Waals surface area contributed by atoms with E-state index in [9.17, 15) is 0 Å². The van der Waals surface area contributed by atoms with Gasteiger partial charge in [-0.05, 0) is 0 Å². The van der Waals surface area contributed by atoms with Crippen molar-refractivity contribution in [3.05, 3.63) is 0 Å². The zero-order valence-corrected chi connectivity index (χ0v) is 11.5. The molecule has 106 valence electrons. The first-order chi connectivity index (χ1) is 7.00. The molecule has 0 amide bonds. The second kappa shape index (κ2) is 10.6. The second-order valence-electron chi connectivity index (χ2n) is 1.13. The van der Waals surface area contributed by atoms with Gasteiger partial charge in [-0.15, -0.1) is 0 Å². The average Bonchev–Trinajstić information content (AvgIpc) is 1.77. The van der Waals surface area contributed by atoms with E-state index in [0.717, 1.165) is 0 Å². The van der Waals surface area contributed by atoms with Crippen LogP contribution in [0, 0.1) is 0 Å². The molecule has 0 atom stereocenters. The van der Waals surface area contributed by atoms with E-state index in [-0.39, 0.29) is 0 Å². The second-order valence-corrected chi connectivity index (χ2v) is 4.68. The van der Waals surface area contributed by atoms with Crippen molar-refractivity contribution in [2.75, 3.05) is 0 Å². The minimum absolute atomic E-state index is 1.69. The molecule has 0 saturated carbocycles. The average molecular weight is 428 g/mol. The fourth-order valence-corrected chi connectivity index (χ4v) is 0. The molecule has 0 spiro atoms.